The third-order valence-corrected chi connectivity index (χ3v) is 3.11. The lowest BCUT2D eigenvalue weighted by Crippen LogP contribution is -2.35. The van der Waals surface area contributed by atoms with Crippen LogP contribution in [0.2, 0.25) is 0 Å². The highest BCUT2D eigenvalue weighted by Gasteiger charge is 2.18. The number of nitrogens with one attached hydrogen (secondary N) is 2. The van der Waals surface area contributed by atoms with Gasteiger partial charge in [-0.05, 0) is 44.5 Å². The molecule has 1 aromatic carbocycles. The number of aromatic hydroxyl groups is 1. The SMILES string of the molecule is O=C(NC1CCCNCC1)c1ccc(O)cc1F. The Morgan fingerprint density at radius 3 is 3.00 bits per heavy atom. The highest BCUT2D eigenvalue weighted by atomic mass is 19.1. The van der Waals surface area contributed by atoms with Gasteiger partial charge in [0.1, 0.15) is 11.6 Å². The lowest BCUT2D eigenvalue weighted by molar-refractivity contribution is 0.0930. The molecular weight excluding hydrogens is 235 g/mol. The molecule has 1 aliphatic heterocycles. The molecule has 0 spiro atoms. The van der Waals surface area contributed by atoms with Gasteiger partial charge in [0.15, 0.2) is 0 Å². The average molecular weight is 252 g/mol. The van der Waals surface area contributed by atoms with Crippen molar-refractivity contribution in [3.63, 3.8) is 0 Å². The zero-order valence-corrected chi connectivity index (χ0v) is 10.1. The molecule has 1 heterocycles. The van der Waals surface area contributed by atoms with Gasteiger partial charge >= 0.3 is 0 Å². The molecule has 0 aromatic heterocycles. The number of benzene rings is 1. The van der Waals surface area contributed by atoms with Crippen LogP contribution in [0, 0.1) is 5.82 Å². The van der Waals surface area contributed by atoms with E-state index in [2.05, 4.69) is 10.6 Å². The van der Waals surface area contributed by atoms with E-state index in [-0.39, 0.29) is 17.4 Å². The predicted octanol–water partition coefficient (Wildman–Crippen LogP) is 1.40. The molecule has 3 N–H and O–H groups in total. The number of phenols is 1. The van der Waals surface area contributed by atoms with E-state index < -0.39 is 11.7 Å². The van der Waals surface area contributed by atoms with Gasteiger partial charge in [0.2, 0.25) is 0 Å². The fraction of sp³-hybridized carbons (Fsp3) is 0.462. The van der Waals surface area contributed by atoms with Crippen molar-refractivity contribution < 1.29 is 14.3 Å². The second-order valence-electron chi connectivity index (χ2n) is 4.52. The smallest absolute Gasteiger partial charge is 0.254 e. The van der Waals surface area contributed by atoms with Crippen molar-refractivity contribution in [3.05, 3.63) is 29.6 Å². The summed E-state index contributed by atoms with van der Waals surface area (Å²) in [4.78, 5) is 11.9. The topological polar surface area (TPSA) is 61.4 Å². The third-order valence-electron chi connectivity index (χ3n) is 3.11. The molecule has 18 heavy (non-hydrogen) atoms. The molecule has 1 saturated heterocycles. The molecule has 1 atom stereocenters. The van der Waals surface area contributed by atoms with Crippen LogP contribution in [0.3, 0.4) is 0 Å². The van der Waals surface area contributed by atoms with Crippen LogP contribution in [0.15, 0.2) is 18.2 Å². The van der Waals surface area contributed by atoms with Gasteiger partial charge in [0, 0.05) is 12.1 Å². The van der Waals surface area contributed by atoms with E-state index in [0.717, 1.165) is 38.4 Å². The van der Waals surface area contributed by atoms with Gasteiger partial charge in [-0.1, -0.05) is 0 Å². The van der Waals surface area contributed by atoms with E-state index in [0.29, 0.717) is 0 Å². The number of carbonyl (C=O) groups excluding carboxylic acids is 1. The van der Waals surface area contributed by atoms with Crippen molar-refractivity contribution >= 4 is 5.91 Å². The maximum Gasteiger partial charge on any atom is 0.254 e. The molecule has 2 rings (SSSR count). The van der Waals surface area contributed by atoms with E-state index in [4.69, 9.17) is 5.11 Å². The Morgan fingerprint density at radius 2 is 2.22 bits per heavy atom. The van der Waals surface area contributed by atoms with Gasteiger partial charge in [-0.3, -0.25) is 4.79 Å². The first-order valence-corrected chi connectivity index (χ1v) is 6.17. The summed E-state index contributed by atoms with van der Waals surface area (Å²) in [5.74, 6) is -1.29. The Hall–Kier alpha value is -1.62. The van der Waals surface area contributed by atoms with Crippen molar-refractivity contribution in [2.45, 2.75) is 25.3 Å². The molecule has 5 heteroatoms. The normalized spacial score (nSPS) is 20.2. The van der Waals surface area contributed by atoms with E-state index in [1.165, 1.54) is 12.1 Å². The molecule has 0 bridgehead atoms. The van der Waals surface area contributed by atoms with Crippen LogP contribution in [-0.4, -0.2) is 30.1 Å². The van der Waals surface area contributed by atoms with Gasteiger partial charge in [0.25, 0.3) is 5.91 Å². The van der Waals surface area contributed by atoms with Crippen LogP contribution in [-0.2, 0) is 0 Å². The minimum Gasteiger partial charge on any atom is -0.508 e. The molecular formula is C13H17FN2O2. The Bertz CT molecular complexity index is 429. The Labute approximate surface area is 105 Å². The van der Waals surface area contributed by atoms with Crippen molar-refractivity contribution in [3.8, 4) is 5.75 Å². The first-order chi connectivity index (χ1) is 8.66. The first kappa shape index (κ1) is 12.8. The van der Waals surface area contributed by atoms with Gasteiger partial charge in [-0.2, -0.15) is 0 Å². The highest BCUT2D eigenvalue weighted by molar-refractivity contribution is 5.94. The van der Waals surface area contributed by atoms with E-state index in [1.807, 2.05) is 0 Å². The second-order valence-corrected chi connectivity index (χ2v) is 4.52. The summed E-state index contributed by atoms with van der Waals surface area (Å²) >= 11 is 0. The first-order valence-electron chi connectivity index (χ1n) is 6.17. The molecule has 1 fully saturated rings. The fourth-order valence-corrected chi connectivity index (χ4v) is 2.11. The predicted molar refractivity (Wildman–Crippen MR) is 66.0 cm³/mol. The van der Waals surface area contributed by atoms with Crippen molar-refractivity contribution in [1.82, 2.24) is 10.6 Å². The zero-order chi connectivity index (χ0) is 13.0. The summed E-state index contributed by atoms with van der Waals surface area (Å²) in [6, 6.07) is 3.64. The minimum absolute atomic E-state index is 0.0231. The zero-order valence-electron chi connectivity index (χ0n) is 10.1. The average Bonchev–Trinajstić information content (AvgIpc) is 2.57. The Kier molecular flexibility index (Phi) is 4.15. The van der Waals surface area contributed by atoms with Gasteiger partial charge in [-0.25, -0.2) is 4.39 Å². The molecule has 0 radical (unpaired) electrons. The fourth-order valence-electron chi connectivity index (χ4n) is 2.11. The number of carbonyl (C=O) groups is 1. The van der Waals surface area contributed by atoms with Crippen molar-refractivity contribution in [2.75, 3.05) is 13.1 Å². The van der Waals surface area contributed by atoms with Crippen molar-refractivity contribution in [1.29, 1.82) is 0 Å². The standard InChI is InChI=1S/C13H17FN2O2/c14-12-8-10(17)3-4-11(12)13(18)16-9-2-1-6-15-7-5-9/h3-4,8-9,15,17H,1-2,5-7H2,(H,16,18). The molecule has 4 nitrogen and oxygen atoms in total. The van der Waals surface area contributed by atoms with Crippen LogP contribution in [0.4, 0.5) is 4.39 Å². The maximum atomic E-state index is 13.5. The number of amides is 1. The van der Waals surface area contributed by atoms with Crippen LogP contribution in [0.1, 0.15) is 29.6 Å². The van der Waals surface area contributed by atoms with Gasteiger partial charge in [-0.15, -0.1) is 0 Å². The monoisotopic (exact) mass is 252 g/mol. The summed E-state index contributed by atoms with van der Waals surface area (Å²) in [5.41, 5.74) is -0.0231. The van der Waals surface area contributed by atoms with Crippen LogP contribution >= 0.6 is 0 Å². The van der Waals surface area contributed by atoms with Gasteiger partial charge < -0.3 is 15.7 Å². The summed E-state index contributed by atoms with van der Waals surface area (Å²) in [7, 11) is 0. The molecule has 1 aliphatic rings. The summed E-state index contributed by atoms with van der Waals surface area (Å²) < 4.78 is 13.5. The minimum atomic E-state index is -0.695. The summed E-state index contributed by atoms with van der Waals surface area (Å²) in [5, 5.41) is 15.2. The van der Waals surface area contributed by atoms with Crippen LogP contribution in [0.25, 0.3) is 0 Å². The number of halogens is 1. The molecule has 98 valence electrons. The molecule has 0 aliphatic carbocycles. The number of phenolic OH excluding ortho intramolecular Hbond substituents is 1. The van der Waals surface area contributed by atoms with Crippen molar-refractivity contribution in [2.24, 2.45) is 0 Å². The van der Waals surface area contributed by atoms with Gasteiger partial charge in [0.05, 0.1) is 5.56 Å². The number of hydrogen-bond acceptors (Lipinski definition) is 3. The molecule has 1 amide bonds. The van der Waals surface area contributed by atoms with E-state index in [1.54, 1.807) is 0 Å². The second kappa shape index (κ2) is 5.82. The molecule has 1 unspecified atom stereocenters. The Balaban J connectivity index is 2.02. The number of hydrogen-bond donors (Lipinski definition) is 3. The lowest BCUT2D eigenvalue weighted by Gasteiger charge is -2.16. The third kappa shape index (κ3) is 3.20. The largest absolute Gasteiger partial charge is 0.508 e. The summed E-state index contributed by atoms with van der Waals surface area (Å²) in [6.07, 6.45) is 2.76. The Morgan fingerprint density at radius 1 is 1.39 bits per heavy atom. The highest BCUT2D eigenvalue weighted by Crippen LogP contribution is 2.15. The molecule has 1 aromatic rings. The quantitative estimate of drug-likeness (QED) is 0.745. The number of rotatable bonds is 2. The van der Waals surface area contributed by atoms with Crippen LogP contribution < -0.4 is 10.6 Å². The molecule has 0 saturated carbocycles. The lowest BCUT2D eigenvalue weighted by atomic mass is 10.1. The maximum absolute atomic E-state index is 13.5. The summed E-state index contributed by atoms with van der Waals surface area (Å²) in [6.45, 7) is 1.82. The van der Waals surface area contributed by atoms with Crippen LogP contribution in [0.5, 0.6) is 5.75 Å². The van der Waals surface area contributed by atoms with E-state index >= 15 is 0 Å². The van der Waals surface area contributed by atoms with E-state index in [9.17, 15) is 9.18 Å².